The Hall–Kier alpha value is -1.61. The fourth-order valence-corrected chi connectivity index (χ4v) is 1.74. The Labute approximate surface area is 165 Å². The van der Waals surface area contributed by atoms with Crippen molar-refractivity contribution in [3.63, 3.8) is 0 Å². The highest BCUT2D eigenvalue weighted by atomic mass is 16.3. The summed E-state index contributed by atoms with van der Waals surface area (Å²) >= 11 is 0. The van der Waals surface area contributed by atoms with Crippen molar-refractivity contribution in [1.29, 1.82) is 0 Å². The maximum absolute atomic E-state index is 12.0. The molecule has 0 atom stereocenters. The van der Waals surface area contributed by atoms with Gasteiger partial charge in [0.25, 0.3) is 0 Å². The van der Waals surface area contributed by atoms with Crippen LogP contribution < -0.4 is 5.32 Å². The van der Waals surface area contributed by atoms with Crippen molar-refractivity contribution in [2.45, 2.75) is 71.0 Å². The van der Waals surface area contributed by atoms with Crippen LogP contribution in [-0.4, -0.2) is 24.2 Å². The van der Waals surface area contributed by atoms with Gasteiger partial charge in [-0.25, -0.2) is 0 Å². The lowest BCUT2D eigenvalue weighted by Gasteiger charge is -2.00. The van der Waals surface area contributed by atoms with Crippen LogP contribution in [0.5, 0.6) is 0 Å². The number of rotatable bonds is 16. The zero-order valence-corrected chi connectivity index (χ0v) is 15.2. The van der Waals surface area contributed by atoms with E-state index in [1.54, 1.807) is 12.2 Å². The van der Waals surface area contributed by atoms with Crippen molar-refractivity contribution in [2.75, 3.05) is 13.2 Å². The van der Waals surface area contributed by atoms with E-state index in [0.717, 1.165) is 12.8 Å². The highest BCUT2D eigenvalue weighted by Crippen LogP contribution is 2.01. The van der Waals surface area contributed by atoms with Gasteiger partial charge in [0.1, 0.15) is 0 Å². The molecule has 0 aliphatic heterocycles. The first-order valence-electron chi connectivity index (χ1n) is 12.9. The summed E-state index contributed by atoms with van der Waals surface area (Å²) in [5.41, 5.74) is 0. The van der Waals surface area contributed by atoms with Crippen LogP contribution in [0.2, 0.25) is 0 Å². The first-order chi connectivity index (χ1) is 15.4. The van der Waals surface area contributed by atoms with Crippen LogP contribution in [0.15, 0.2) is 48.6 Å². The van der Waals surface area contributed by atoms with Crippen LogP contribution in [0, 0.1) is 0 Å². The molecule has 2 N–H and O–H groups in total. The summed E-state index contributed by atoms with van der Waals surface area (Å²) in [7, 11) is 0. The molecule has 0 saturated heterocycles. The molecule has 3 nitrogen and oxygen atoms in total. The summed E-state index contributed by atoms with van der Waals surface area (Å²) in [4.78, 5) is 12.0. The third-order valence-electron chi connectivity index (χ3n) is 3.03. The quantitative estimate of drug-likeness (QED) is 0.294. The standard InChI is InChI=1S/C22H37NO2/c1-2-3-4-5-6-7-8-9-10-11-12-13-14-15-16-17-18-19-22(25)23-20-21-24/h6-7,9-10,12-13,15-16,24H,2-5,8,11,14,17-21H2,1H3,(H,23,25)/i15D,16D,17D2,18D2,19D2. The zero-order valence-electron chi connectivity index (χ0n) is 23.2. The van der Waals surface area contributed by atoms with Crippen molar-refractivity contribution < 1.29 is 20.9 Å². The molecular formula is C22H37NO2. The highest BCUT2D eigenvalue weighted by Gasteiger charge is 1.97. The maximum atomic E-state index is 12.0. The Morgan fingerprint density at radius 2 is 1.72 bits per heavy atom. The van der Waals surface area contributed by atoms with Gasteiger partial charge in [-0.2, -0.15) is 0 Å². The summed E-state index contributed by atoms with van der Waals surface area (Å²) in [5.74, 6) is -1.44. The third-order valence-corrected chi connectivity index (χ3v) is 3.03. The summed E-state index contributed by atoms with van der Waals surface area (Å²) in [6, 6.07) is -1.54. The second kappa shape index (κ2) is 20.4. The van der Waals surface area contributed by atoms with Gasteiger partial charge < -0.3 is 10.4 Å². The van der Waals surface area contributed by atoms with E-state index in [2.05, 4.69) is 19.1 Å². The molecule has 0 aliphatic carbocycles. The first kappa shape index (κ1) is 12.7. The number of aliphatic hydroxyl groups is 1. The number of hydrogen-bond acceptors (Lipinski definition) is 2. The molecule has 0 fully saturated rings. The molecule has 0 rings (SSSR count). The van der Waals surface area contributed by atoms with Gasteiger partial charge in [0, 0.05) is 21.1 Å². The number of nitrogens with one attached hydrogen (secondary N) is 1. The van der Waals surface area contributed by atoms with Crippen molar-refractivity contribution >= 4 is 5.91 Å². The van der Waals surface area contributed by atoms with E-state index in [-0.39, 0.29) is 13.0 Å². The fraction of sp³-hybridized carbons (Fsp3) is 0.591. The van der Waals surface area contributed by atoms with Gasteiger partial charge in [0.05, 0.1) is 9.35 Å². The van der Waals surface area contributed by atoms with E-state index in [0.29, 0.717) is 6.42 Å². The predicted octanol–water partition coefficient (Wildman–Crippen LogP) is 5.24. The van der Waals surface area contributed by atoms with E-state index in [9.17, 15) is 4.79 Å². The van der Waals surface area contributed by atoms with Crippen molar-refractivity contribution in [3.05, 3.63) is 48.6 Å². The minimum atomic E-state index is -3.43. The summed E-state index contributed by atoms with van der Waals surface area (Å²) in [6.45, 7) is 1.36. The van der Waals surface area contributed by atoms with E-state index < -0.39 is 43.7 Å². The number of carbonyl (C=O) groups excluding carboxylic acids is 1. The Morgan fingerprint density at radius 1 is 1.04 bits per heavy atom. The van der Waals surface area contributed by atoms with E-state index in [1.807, 2.05) is 17.5 Å². The minimum absolute atomic E-state index is 0.126. The lowest BCUT2D eigenvalue weighted by Crippen LogP contribution is -2.25. The molecule has 0 saturated carbocycles. The van der Waals surface area contributed by atoms with Crippen molar-refractivity contribution in [1.82, 2.24) is 5.32 Å². The number of amides is 1. The van der Waals surface area contributed by atoms with Crippen LogP contribution in [0.4, 0.5) is 0 Å². The topological polar surface area (TPSA) is 49.3 Å². The Bertz CT molecular complexity index is 715. The normalized spacial score (nSPS) is 19.4. The second-order valence-electron chi connectivity index (χ2n) is 5.24. The summed E-state index contributed by atoms with van der Waals surface area (Å²) in [6.07, 6.45) is 7.52. The van der Waals surface area contributed by atoms with Crippen LogP contribution in [-0.2, 0) is 4.79 Å². The van der Waals surface area contributed by atoms with Crippen LogP contribution in [0.25, 0.3) is 0 Å². The summed E-state index contributed by atoms with van der Waals surface area (Å²) < 4.78 is 63.2. The average Bonchev–Trinajstić information content (AvgIpc) is 2.76. The molecule has 0 radical (unpaired) electrons. The number of aliphatic hydroxyl groups excluding tert-OH is 1. The SMILES string of the molecule is [2H]C(CC=CCC=CCC=CCCCCC)=C([2H])C([2H])([2H])C([2H])([2H])C([2H])([2H])C(=O)NCCO. The minimum Gasteiger partial charge on any atom is -0.395 e. The Kier molecular flexibility index (Phi) is 10.4. The van der Waals surface area contributed by atoms with Crippen LogP contribution in [0.3, 0.4) is 0 Å². The van der Waals surface area contributed by atoms with Crippen LogP contribution in [0.1, 0.15) is 82.0 Å². The molecule has 1 amide bonds. The smallest absolute Gasteiger partial charge is 0.220 e. The van der Waals surface area contributed by atoms with Gasteiger partial charge in [0.15, 0.2) is 0 Å². The molecule has 3 heteroatoms. The Balaban J connectivity index is 4.95. The molecule has 0 spiro atoms. The molecule has 25 heavy (non-hydrogen) atoms. The van der Waals surface area contributed by atoms with E-state index >= 15 is 0 Å². The molecule has 0 aromatic carbocycles. The van der Waals surface area contributed by atoms with Gasteiger partial charge in [-0.1, -0.05) is 68.3 Å². The third kappa shape index (κ3) is 20.3. The molecule has 0 aromatic rings. The van der Waals surface area contributed by atoms with Gasteiger partial charge in [-0.3, -0.25) is 4.79 Å². The average molecular weight is 356 g/mol. The molecule has 0 unspecified atom stereocenters. The number of allylic oxidation sites excluding steroid dienone is 8. The van der Waals surface area contributed by atoms with Crippen molar-refractivity contribution in [3.8, 4) is 0 Å². The van der Waals surface area contributed by atoms with Crippen molar-refractivity contribution in [2.24, 2.45) is 0 Å². The largest absolute Gasteiger partial charge is 0.395 e. The molecular weight excluding hydrogens is 310 g/mol. The Morgan fingerprint density at radius 3 is 2.40 bits per heavy atom. The second-order valence-corrected chi connectivity index (χ2v) is 5.24. The summed E-state index contributed by atoms with van der Waals surface area (Å²) in [5, 5.41) is 10.7. The highest BCUT2D eigenvalue weighted by molar-refractivity contribution is 5.75. The predicted molar refractivity (Wildman–Crippen MR) is 108 cm³/mol. The van der Waals surface area contributed by atoms with Gasteiger partial charge in [-0.15, -0.1) is 0 Å². The molecule has 0 heterocycles. The zero-order chi connectivity index (χ0) is 25.5. The lowest BCUT2D eigenvalue weighted by molar-refractivity contribution is -0.121. The van der Waals surface area contributed by atoms with Gasteiger partial charge in [0.2, 0.25) is 5.91 Å². The first-order valence-corrected chi connectivity index (χ1v) is 8.88. The monoisotopic (exact) mass is 355 g/mol. The lowest BCUT2D eigenvalue weighted by atomic mass is 10.2. The van der Waals surface area contributed by atoms with Gasteiger partial charge >= 0.3 is 0 Å². The molecule has 0 bridgehead atoms. The molecule has 0 aromatic heterocycles. The van der Waals surface area contributed by atoms with E-state index in [4.69, 9.17) is 16.1 Å². The van der Waals surface area contributed by atoms with Crippen LogP contribution >= 0.6 is 0 Å². The molecule has 142 valence electrons. The molecule has 0 aliphatic rings. The fourth-order valence-electron chi connectivity index (χ4n) is 1.74. The number of unbranched alkanes of at least 4 members (excludes halogenated alkanes) is 3. The van der Waals surface area contributed by atoms with E-state index in [1.165, 1.54) is 19.3 Å². The number of hydrogen-bond donors (Lipinski definition) is 2. The maximum Gasteiger partial charge on any atom is 0.220 e. The van der Waals surface area contributed by atoms with Gasteiger partial charge in [-0.05, 0) is 44.8 Å². The number of carbonyl (C=O) groups is 1.